The molecule has 1 aliphatic heterocycles. The summed E-state index contributed by atoms with van der Waals surface area (Å²) in [6, 6.07) is 10.3. The summed E-state index contributed by atoms with van der Waals surface area (Å²) in [6.07, 6.45) is 2.05. The van der Waals surface area contributed by atoms with E-state index < -0.39 is 0 Å². The van der Waals surface area contributed by atoms with E-state index >= 15 is 0 Å². The predicted octanol–water partition coefficient (Wildman–Crippen LogP) is 3.07. The fourth-order valence-electron chi connectivity index (χ4n) is 3.23. The van der Waals surface area contributed by atoms with E-state index in [2.05, 4.69) is 52.5 Å². The molecule has 3 rings (SSSR count). The average Bonchev–Trinajstić information content (AvgIpc) is 3.18. The van der Waals surface area contributed by atoms with Gasteiger partial charge in [0.25, 0.3) is 0 Å². The van der Waals surface area contributed by atoms with Gasteiger partial charge >= 0.3 is 0 Å². The van der Waals surface area contributed by atoms with E-state index in [-0.39, 0.29) is 30.1 Å². The van der Waals surface area contributed by atoms with Gasteiger partial charge in [0.05, 0.1) is 12.2 Å². The molecule has 0 saturated carbocycles. The molecule has 148 valence electrons. The Balaban J connectivity index is 0.00000261. The first-order valence-electron chi connectivity index (χ1n) is 9.43. The molecule has 6 nitrogen and oxygen atoms in total. The molecular weight excluding hydrogens is 453 g/mol. The number of halogens is 1. The normalized spacial score (nSPS) is 15.7. The molecule has 0 fully saturated rings. The number of para-hydroxylation sites is 1. The highest BCUT2D eigenvalue weighted by Crippen LogP contribution is 2.28. The van der Waals surface area contributed by atoms with Crippen molar-refractivity contribution in [2.75, 3.05) is 19.6 Å². The van der Waals surface area contributed by atoms with Crippen molar-refractivity contribution in [2.24, 2.45) is 4.99 Å². The molecule has 2 N–H and O–H groups in total. The van der Waals surface area contributed by atoms with E-state index in [1.54, 1.807) is 0 Å². The maximum absolute atomic E-state index is 5.96. The molecular formula is C20H30IN5O. The van der Waals surface area contributed by atoms with E-state index in [0.29, 0.717) is 6.54 Å². The van der Waals surface area contributed by atoms with Gasteiger partial charge in [0.1, 0.15) is 11.9 Å². The fraction of sp³-hybridized carbons (Fsp3) is 0.500. The van der Waals surface area contributed by atoms with Crippen molar-refractivity contribution in [1.29, 1.82) is 0 Å². The third-order valence-electron chi connectivity index (χ3n) is 4.45. The van der Waals surface area contributed by atoms with Gasteiger partial charge in [0.15, 0.2) is 5.96 Å². The van der Waals surface area contributed by atoms with E-state index in [1.807, 2.05) is 19.1 Å². The first-order chi connectivity index (χ1) is 12.7. The third kappa shape index (κ3) is 6.12. The Morgan fingerprint density at radius 3 is 2.81 bits per heavy atom. The monoisotopic (exact) mass is 483 g/mol. The van der Waals surface area contributed by atoms with Crippen LogP contribution in [0, 0.1) is 13.8 Å². The maximum atomic E-state index is 5.96. The van der Waals surface area contributed by atoms with Gasteiger partial charge in [-0.15, -0.1) is 24.0 Å². The minimum Gasteiger partial charge on any atom is -0.488 e. The van der Waals surface area contributed by atoms with Gasteiger partial charge in [0, 0.05) is 31.7 Å². The van der Waals surface area contributed by atoms with E-state index in [4.69, 9.17) is 9.73 Å². The summed E-state index contributed by atoms with van der Waals surface area (Å²) in [5.74, 6) is 1.84. The number of rotatable bonds is 7. The zero-order chi connectivity index (χ0) is 18.4. The number of aryl methyl sites for hydroxylation is 3. The number of benzene rings is 1. The second-order valence-corrected chi connectivity index (χ2v) is 6.70. The maximum Gasteiger partial charge on any atom is 0.191 e. The summed E-state index contributed by atoms with van der Waals surface area (Å²) >= 11 is 0. The number of aromatic nitrogens is 2. The van der Waals surface area contributed by atoms with Gasteiger partial charge in [-0.2, -0.15) is 5.10 Å². The summed E-state index contributed by atoms with van der Waals surface area (Å²) in [7, 11) is 0. The predicted molar refractivity (Wildman–Crippen MR) is 120 cm³/mol. The van der Waals surface area contributed by atoms with Crippen LogP contribution in [0.4, 0.5) is 0 Å². The van der Waals surface area contributed by atoms with E-state index in [0.717, 1.165) is 49.9 Å². The summed E-state index contributed by atoms with van der Waals surface area (Å²) in [4.78, 5) is 4.69. The Bertz CT molecular complexity index is 734. The van der Waals surface area contributed by atoms with Crippen molar-refractivity contribution in [3.8, 4) is 5.75 Å². The lowest BCUT2D eigenvalue weighted by Crippen LogP contribution is -2.39. The van der Waals surface area contributed by atoms with Crippen LogP contribution in [-0.4, -0.2) is 41.5 Å². The van der Waals surface area contributed by atoms with Crippen LogP contribution in [0.3, 0.4) is 0 Å². The molecule has 27 heavy (non-hydrogen) atoms. The number of hydrogen-bond acceptors (Lipinski definition) is 3. The van der Waals surface area contributed by atoms with Crippen LogP contribution in [0.5, 0.6) is 5.75 Å². The van der Waals surface area contributed by atoms with Crippen LogP contribution in [0.25, 0.3) is 0 Å². The fourth-order valence-corrected chi connectivity index (χ4v) is 3.23. The lowest BCUT2D eigenvalue weighted by Gasteiger charge is -2.13. The van der Waals surface area contributed by atoms with Crippen LogP contribution < -0.4 is 15.4 Å². The van der Waals surface area contributed by atoms with Crippen LogP contribution in [0.2, 0.25) is 0 Å². The van der Waals surface area contributed by atoms with E-state index in [9.17, 15) is 0 Å². The highest BCUT2D eigenvalue weighted by molar-refractivity contribution is 14.0. The van der Waals surface area contributed by atoms with E-state index in [1.165, 1.54) is 11.3 Å². The molecule has 1 aliphatic rings. The first kappa shape index (κ1) is 21.5. The molecule has 2 aromatic rings. The second kappa shape index (κ2) is 10.5. The van der Waals surface area contributed by atoms with Crippen LogP contribution in [0.15, 0.2) is 35.3 Å². The van der Waals surface area contributed by atoms with Gasteiger partial charge in [-0.3, -0.25) is 4.68 Å². The first-order valence-corrected chi connectivity index (χ1v) is 9.43. The molecule has 0 saturated heterocycles. The summed E-state index contributed by atoms with van der Waals surface area (Å²) in [5, 5.41) is 11.2. The Kier molecular flexibility index (Phi) is 8.40. The number of nitrogens with one attached hydrogen (secondary N) is 2. The number of fused-ring (bicyclic) bond motifs is 1. The minimum atomic E-state index is 0. The number of guanidine groups is 1. The largest absolute Gasteiger partial charge is 0.488 e. The highest BCUT2D eigenvalue weighted by atomic mass is 127. The molecule has 0 aliphatic carbocycles. The van der Waals surface area contributed by atoms with Crippen molar-refractivity contribution >= 4 is 29.9 Å². The summed E-state index contributed by atoms with van der Waals surface area (Å²) in [5.41, 5.74) is 3.56. The highest BCUT2D eigenvalue weighted by Gasteiger charge is 2.21. The van der Waals surface area contributed by atoms with Crippen LogP contribution in [-0.2, 0) is 13.0 Å². The molecule has 0 amide bonds. The Hall–Kier alpha value is -1.77. The lowest BCUT2D eigenvalue weighted by molar-refractivity contribution is 0.241. The minimum absolute atomic E-state index is 0. The van der Waals surface area contributed by atoms with Crippen molar-refractivity contribution in [3.63, 3.8) is 0 Å². The SMILES string of the molecule is CCNC(=NCC1Cc2ccccc2O1)NCCCn1nc(C)cc1C.I. The third-order valence-corrected chi connectivity index (χ3v) is 4.45. The Morgan fingerprint density at radius 2 is 2.11 bits per heavy atom. The molecule has 7 heteroatoms. The number of nitrogens with zero attached hydrogens (tertiary/aromatic N) is 3. The van der Waals surface area contributed by atoms with Gasteiger partial charge < -0.3 is 15.4 Å². The van der Waals surface area contributed by atoms with Crippen molar-refractivity contribution in [2.45, 2.75) is 46.3 Å². The molecule has 0 spiro atoms. The molecule has 0 bridgehead atoms. The quantitative estimate of drug-likeness (QED) is 0.275. The molecule has 0 radical (unpaired) electrons. The zero-order valence-electron chi connectivity index (χ0n) is 16.4. The summed E-state index contributed by atoms with van der Waals surface area (Å²) in [6.45, 7) is 9.47. The molecule has 2 heterocycles. The topological polar surface area (TPSA) is 63.5 Å². The summed E-state index contributed by atoms with van der Waals surface area (Å²) < 4.78 is 8.02. The zero-order valence-corrected chi connectivity index (χ0v) is 18.7. The van der Waals surface area contributed by atoms with Crippen molar-refractivity contribution < 1.29 is 4.74 Å². The van der Waals surface area contributed by atoms with Gasteiger partial charge in [-0.25, -0.2) is 4.99 Å². The standard InChI is InChI=1S/C20H29N5O.HI/c1-4-21-20(22-10-7-11-25-16(3)12-15(2)24-25)23-14-18-13-17-8-5-6-9-19(17)26-18;/h5-6,8-9,12,18H,4,7,10-11,13-14H2,1-3H3,(H2,21,22,23);1H. The molecule has 1 aromatic heterocycles. The second-order valence-electron chi connectivity index (χ2n) is 6.70. The molecule has 1 unspecified atom stereocenters. The molecule has 1 atom stereocenters. The Morgan fingerprint density at radius 1 is 1.30 bits per heavy atom. The number of ether oxygens (including phenoxy) is 1. The molecule has 1 aromatic carbocycles. The van der Waals surface area contributed by atoms with Crippen molar-refractivity contribution in [1.82, 2.24) is 20.4 Å². The smallest absolute Gasteiger partial charge is 0.191 e. The van der Waals surface area contributed by atoms with Gasteiger partial charge in [0.2, 0.25) is 0 Å². The average molecular weight is 483 g/mol. The Labute approximate surface area is 178 Å². The van der Waals surface area contributed by atoms with Gasteiger partial charge in [-0.1, -0.05) is 18.2 Å². The number of aliphatic imine (C=N–C) groups is 1. The van der Waals surface area contributed by atoms with Crippen LogP contribution in [0.1, 0.15) is 30.3 Å². The van der Waals surface area contributed by atoms with Gasteiger partial charge in [-0.05, 0) is 44.9 Å². The number of hydrogen-bond donors (Lipinski definition) is 2. The van der Waals surface area contributed by atoms with Crippen LogP contribution >= 0.6 is 24.0 Å². The van der Waals surface area contributed by atoms with Crippen molar-refractivity contribution in [3.05, 3.63) is 47.3 Å². The lowest BCUT2D eigenvalue weighted by atomic mass is 10.1.